The van der Waals surface area contributed by atoms with Gasteiger partial charge in [-0.2, -0.15) is 0 Å². The minimum atomic E-state index is 0.162. The summed E-state index contributed by atoms with van der Waals surface area (Å²) in [5, 5.41) is 0. The van der Waals surface area contributed by atoms with Gasteiger partial charge >= 0.3 is 0 Å². The highest BCUT2D eigenvalue weighted by Crippen LogP contribution is 2.04. The van der Waals surface area contributed by atoms with Gasteiger partial charge in [-0.25, -0.2) is 9.97 Å². The van der Waals surface area contributed by atoms with E-state index in [1.165, 1.54) is 0 Å². The lowest BCUT2D eigenvalue weighted by molar-refractivity contribution is -0.116. The van der Waals surface area contributed by atoms with Gasteiger partial charge in [0.2, 0.25) is 5.95 Å². The first-order valence-corrected chi connectivity index (χ1v) is 4.17. The molecule has 4 nitrogen and oxygen atoms in total. The first-order valence-electron chi connectivity index (χ1n) is 4.17. The van der Waals surface area contributed by atoms with Gasteiger partial charge in [0.1, 0.15) is 5.78 Å². The number of nitrogen functional groups attached to an aromatic ring is 1. The highest BCUT2D eigenvalue weighted by molar-refractivity contribution is 5.75. The Bertz CT molecular complexity index is 302. The van der Waals surface area contributed by atoms with Crippen molar-refractivity contribution in [3.05, 3.63) is 17.5 Å². The molecule has 0 aliphatic rings. The van der Waals surface area contributed by atoms with Crippen LogP contribution < -0.4 is 5.73 Å². The fourth-order valence-corrected chi connectivity index (χ4v) is 1.09. The summed E-state index contributed by atoms with van der Waals surface area (Å²) in [5.41, 5.74) is 7.13. The molecule has 1 aromatic heterocycles. The van der Waals surface area contributed by atoms with Crippen molar-refractivity contribution < 1.29 is 4.79 Å². The van der Waals surface area contributed by atoms with Crippen molar-refractivity contribution in [3.8, 4) is 0 Å². The molecule has 0 aromatic carbocycles. The number of ketones is 1. The maximum Gasteiger partial charge on any atom is 0.220 e. The predicted molar refractivity (Wildman–Crippen MR) is 50.2 cm³/mol. The summed E-state index contributed by atoms with van der Waals surface area (Å²) >= 11 is 0. The van der Waals surface area contributed by atoms with E-state index in [1.54, 1.807) is 6.92 Å². The number of aromatic nitrogens is 2. The highest BCUT2D eigenvalue weighted by Gasteiger charge is 2.00. The normalized spacial score (nSPS) is 10.0. The smallest absolute Gasteiger partial charge is 0.220 e. The molecule has 0 aliphatic carbocycles. The van der Waals surface area contributed by atoms with Crippen LogP contribution in [0.25, 0.3) is 0 Å². The monoisotopic (exact) mass is 179 g/mol. The summed E-state index contributed by atoms with van der Waals surface area (Å²) < 4.78 is 0. The molecule has 0 saturated heterocycles. The van der Waals surface area contributed by atoms with Gasteiger partial charge in [-0.3, -0.25) is 0 Å². The zero-order chi connectivity index (χ0) is 9.84. The van der Waals surface area contributed by atoms with E-state index in [-0.39, 0.29) is 11.7 Å². The molecule has 0 bridgehead atoms. The van der Waals surface area contributed by atoms with Crippen LogP contribution in [0.5, 0.6) is 0 Å². The molecule has 0 aliphatic heterocycles. The van der Waals surface area contributed by atoms with Crippen LogP contribution in [0.1, 0.15) is 24.7 Å². The molecular formula is C9H13N3O. The number of anilines is 1. The Hall–Kier alpha value is -1.45. The second-order valence-electron chi connectivity index (χ2n) is 3.06. The molecule has 1 aromatic rings. The van der Waals surface area contributed by atoms with Crippen molar-refractivity contribution in [2.75, 3.05) is 5.73 Å². The Labute approximate surface area is 77.2 Å². The first-order chi connectivity index (χ1) is 6.08. The second kappa shape index (κ2) is 3.98. The zero-order valence-electron chi connectivity index (χ0n) is 7.87. The van der Waals surface area contributed by atoms with Crippen LogP contribution in [0, 0.1) is 6.92 Å². The van der Waals surface area contributed by atoms with Crippen LogP contribution in [0.4, 0.5) is 5.95 Å². The maximum atomic E-state index is 10.7. The molecule has 4 heteroatoms. The summed E-state index contributed by atoms with van der Waals surface area (Å²) in [6.45, 7) is 3.42. The number of carbonyl (C=O) groups is 1. The van der Waals surface area contributed by atoms with Gasteiger partial charge in [-0.15, -0.1) is 0 Å². The van der Waals surface area contributed by atoms with Gasteiger partial charge in [0.25, 0.3) is 0 Å². The molecular weight excluding hydrogens is 166 g/mol. The summed E-state index contributed by atoms with van der Waals surface area (Å²) in [5.74, 6) is 0.438. The third-order valence-corrected chi connectivity index (χ3v) is 1.66. The topological polar surface area (TPSA) is 68.9 Å². The van der Waals surface area contributed by atoms with Crippen molar-refractivity contribution in [2.24, 2.45) is 0 Å². The lowest BCUT2D eigenvalue weighted by Gasteiger charge is -2.00. The van der Waals surface area contributed by atoms with E-state index in [4.69, 9.17) is 5.73 Å². The van der Waals surface area contributed by atoms with Crippen LogP contribution >= 0.6 is 0 Å². The van der Waals surface area contributed by atoms with E-state index in [9.17, 15) is 4.79 Å². The molecule has 0 atom stereocenters. The number of rotatable bonds is 3. The van der Waals surface area contributed by atoms with Crippen LogP contribution in [0.15, 0.2) is 6.07 Å². The van der Waals surface area contributed by atoms with Gasteiger partial charge in [-0.05, 0) is 26.3 Å². The van der Waals surface area contributed by atoms with E-state index < -0.39 is 0 Å². The average Bonchev–Trinajstić information content (AvgIpc) is 1.99. The molecule has 0 fully saturated rings. The average molecular weight is 179 g/mol. The largest absolute Gasteiger partial charge is 0.368 e. The molecule has 13 heavy (non-hydrogen) atoms. The molecule has 70 valence electrons. The first kappa shape index (κ1) is 9.64. The lowest BCUT2D eigenvalue weighted by atomic mass is 10.2. The Kier molecular flexibility index (Phi) is 2.95. The fraction of sp³-hybridized carbons (Fsp3) is 0.444. The minimum Gasteiger partial charge on any atom is -0.368 e. The summed E-state index contributed by atoms with van der Waals surface area (Å²) in [7, 11) is 0. The van der Waals surface area contributed by atoms with E-state index in [1.807, 2.05) is 13.0 Å². The third-order valence-electron chi connectivity index (χ3n) is 1.66. The van der Waals surface area contributed by atoms with Crippen molar-refractivity contribution in [2.45, 2.75) is 26.7 Å². The molecule has 0 spiro atoms. The minimum absolute atomic E-state index is 0.162. The number of Topliss-reactive ketones (excluding diaryl/α,β-unsaturated/α-hetero) is 1. The van der Waals surface area contributed by atoms with Crippen LogP contribution in [0.2, 0.25) is 0 Å². The van der Waals surface area contributed by atoms with Gasteiger partial charge in [0.15, 0.2) is 0 Å². The Morgan fingerprint density at radius 3 is 2.77 bits per heavy atom. The predicted octanol–water partition coefficient (Wildman–Crippen LogP) is 0.889. The molecule has 0 saturated carbocycles. The number of hydrogen-bond acceptors (Lipinski definition) is 4. The quantitative estimate of drug-likeness (QED) is 0.748. The molecule has 0 radical (unpaired) electrons. The molecule has 1 heterocycles. The summed E-state index contributed by atoms with van der Waals surface area (Å²) in [6.07, 6.45) is 1.15. The van der Waals surface area contributed by atoms with Crippen molar-refractivity contribution in [1.29, 1.82) is 0 Å². The van der Waals surface area contributed by atoms with Gasteiger partial charge in [-0.1, -0.05) is 0 Å². The number of aryl methyl sites for hydroxylation is 2. The fourth-order valence-electron chi connectivity index (χ4n) is 1.09. The Balaban J connectivity index is 2.71. The summed E-state index contributed by atoms with van der Waals surface area (Å²) in [4.78, 5) is 18.7. The van der Waals surface area contributed by atoms with Crippen molar-refractivity contribution in [1.82, 2.24) is 9.97 Å². The van der Waals surface area contributed by atoms with Gasteiger partial charge < -0.3 is 10.5 Å². The number of nitrogens with two attached hydrogens (primary N) is 1. The van der Waals surface area contributed by atoms with E-state index >= 15 is 0 Å². The summed E-state index contributed by atoms with van der Waals surface area (Å²) in [6, 6.07) is 1.85. The van der Waals surface area contributed by atoms with E-state index in [2.05, 4.69) is 9.97 Å². The number of hydrogen-bond donors (Lipinski definition) is 1. The second-order valence-corrected chi connectivity index (χ2v) is 3.06. The van der Waals surface area contributed by atoms with Crippen molar-refractivity contribution in [3.63, 3.8) is 0 Å². The van der Waals surface area contributed by atoms with Gasteiger partial charge in [0, 0.05) is 17.8 Å². The van der Waals surface area contributed by atoms with Crippen LogP contribution in [-0.2, 0) is 11.2 Å². The van der Waals surface area contributed by atoms with E-state index in [0.717, 1.165) is 11.4 Å². The number of carbonyl (C=O) groups excluding carboxylic acids is 1. The molecule has 0 unspecified atom stereocenters. The standard InChI is InChI=1S/C9H13N3O/c1-6-5-8(4-3-7(2)13)12-9(10)11-6/h5H,3-4H2,1-2H3,(H2,10,11,12). The third kappa shape index (κ3) is 3.19. The lowest BCUT2D eigenvalue weighted by Crippen LogP contribution is -2.02. The SMILES string of the molecule is CC(=O)CCc1cc(C)nc(N)n1. The van der Waals surface area contributed by atoms with Crippen LogP contribution in [0.3, 0.4) is 0 Å². The zero-order valence-corrected chi connectivity index (χ0v) is 7.87. The van der Waals surface area contributed by atoms with E-state index in [0.29, 0.717) is 12.8 Å². The van der Waals surface area contributed by atoms with Gasteiger partial charge in [0.05, 0.1) is 0 Å². The molecule has 2 N–H and O–H groups in total. The molecule has 0 amide bonds. The van der Waals surface area contributed by atoms with Crippen molar-refractivity contribution >= 4 is 11.7 Å². The Morgan fingerprint density at radius 1 is 1.54 bits per heavy atom. The van der Waals surface area contributed by atoms with Crippen LogP contribution in [-0.4, -0.2) is 15.8 Å². The maximum absolute atomic E-state index is 10.7. The highest BCUT2D eigenvalue weighted by atomic mass is 16.1. The Morgan fingerprint density at radius 2 is 2.23 bits per heavy atom. The molecule has 1 rings (SSSR count). The number of nitrogens with zero attached hydrogens (tertiary/aromatic N) is 2.